The van der Waals surface area contributed by atoms with Gasteiger partial charge in [0.25, 0.3) is 0 Å². The van der Waals surface area contributed by atoms with E-state index in [2.05, 4.69) is 5.32 Å². The van der Waals surface area contributed by atoms with E-state index < -0.39 is 0 Å². The van der Waals surface area contributed by atoms with Crippen LogP contribution in [0.3, 0.4) is 0 Å². The Labute approximate surface area is 158 Å². The summed E-state index contributed by atoms with van der Waals surface area (Å²) in [5, 5.41) is 3.08. The van der Waals surface area contributed by atoms with Gasteiger partial charge >= 0.3 is 0 Å². The first-order valence-corrected chi connectivity index (χ1v) is 10.1. The second-order valence-electron chi connectivity index (χ2n) is 7.28. The summed E-state index contributed by atoms with van der Waals surface area (Å²) in [4.78, 5) is 23.5. The number of carbonyl (C=O) groups excluding carboxylic acids is 2. The van der Waals surface area contributed by atoms with Crippen LogP contribution in [0.15, 0.2) is 0 Å². The molecule has 1 aliphatic carbocycles. The number of carbonyl (C=O) groups is 2. The zero-order valence-electron chi connectivity index (χ0n) is 16.8. The Kier molecular flexibility index (Phi) is 12.5. The van der Waals surface area contributed by atoms with Gasteiger partial charge in [0, 0.05) is 25.3 Å². The van der Waals surface area contributed by atoms with Crippen LogP contribution in [0.1, 0.15) is 65.7 Å². The highest BCUT2D eigenvalue weighted by Crippen LogP contribution is 2.27. The average molecular weight is 372 g/mol. The van der Waals surface area contributed by atoms with E-state index in [1.54, 1.807) is 0 Å². The molecule has 6 heteroatoms. The van der Waals surface area contributed by atoms with Crippen LogP contribution in [0.5, 0.6) is 0 Å². The van der Waals surface area contributed by atoms with Crippen molar-refractivity contribution in [1.29, 1.82) is 0 Å². The first-order valence-electron chi connectivity index (χ1n) is 10.1. The van der Waals surface area contributed by atoms with Gasteiger partial charge in [-0.15, -0.1) is 0 Å². The summed E-state index contributed by atoms with van der Waals surface area (Å²) in [5.74, 6) is 0.903. The van der Waals surface area contributed by atoms with Crippen molar-refractivity contribution >= 4 is 11.7 Å². The monoisotopic (exact) mass is 371 g/mol. The fraction of sp³-hybridized carbons (Fsp3) is 0.900. The van der Waals surface area contributed by atoms with E-state index in [9.17, 15) is 9.59 Å². The van der Waals surface area contributed by atoms with Crippen LogP contribution in [0.4, 0.5) is 0 Å². The van der Waals surface area contributed by atoms with Crippen molar-refractivity contribution in [1.82, 2.24) is 5.32 Å². The Morgan fingerprint density at radius 3 is 2.19 bits per heavy atom. The number of ketones is 1. The Balaban J connectivity index is 1.95. The fourth-order valence-electron chi connectivity index (χ4n) is 3.11. The lowest BCUT2D eigenvalue weighted by Crippen LogP contribution is -2.38. The smallest absolute Gasteiger partial charge is 0.222 e. The van der Waals surface area contributed by atoms with E-state index in [1.165, 1.54) is 0 Å². The van der Waals surface area contributed by atoms with Gasteiger partial charge < -0.3 is 19.5 Å². The lowest BCUT2D eigenvalue weighted by Gasteiger charge is -2.28. The Morgan fingerprint density at radius 1 is 0.962 bits per heavy atom. The summed E-state index contributed by atoms with van der Waals surface area (Å²) in [6.45, 7) is 8.49. The molecule has 1 N–H and O–H groups in total. The minimum atomic E-state index is 0.0457. The van der Waals surface area contributed by atoms with Crippen molar-refractivity contribution in [2.24, 2.45) is 5.92 Å². The maximum absolute atomic E-state index is 12.0. The van der Waals surface area contributed by atoms with Gasteiger partial charge in [0.05, 0.1) is 39.1 Å². The van der Waals surface area contributed by atoms with E-state index in [4.69, 9.17) is 14.2 Å². The summed E-state index contributed by atoms with van der Waals surface area (Å²) in [6, 6.07) is 0.250. The van der Waals surface area contributed by atoms with Gasteiger partial charge in [0.1, 0.15) is 5.78 Å². The van der Waals surface area contributed by atoms with Crippen molar-refractivity contribution in [3.8, 4) is 0 Å². The van der Waals surface area contributed by atoms with E-state index in [0.717, 1.165) is 25.7 Å². The molecule has 1 amide bonds. The van der Waals surface area contributed by atoms with Crippen molar-refractivity contribution < 1.29 is 23.8 Å². The highest BCUT2D eigenvalue weighted by molar-refractivity contribution is 5.78. The maximum atomic E-state index is 12.0. The predicted octanol–water partition coefficient (Wildman–Crippen LogP) is 2.88. The minimum Gasteiger partial charge on any atom is -0.379 e. The van der Waals surface area contributed by atoms with Gasteiger partial charge in [-0.25, -0.2) is 0 Å². The van der Waals surface area contributed by atoms with Gasteiger partial charge in [-0.1, -0.05) is 6.92 Å². The number of ether oxygens (including phenoxy) is 3. The molecule has 0 radical (unpaired) electrons. The molecule has 0 aromatic carbocycles. The molecule has 152 valence electrons. The molecule has 0 bridgehead atoms. The lowest BCUT2D eigenvalue weighted by atomic mass is 9.83. The maximum Gasteiger partial charge on any atom is 0.222 e. The van der Waals surface area contributed by atoms with Crippen molar-refractivity contribution in [2.45, 2.75) is 77.9 Å². The lowest BCUT2D eigenvalue weighted by molar-refractivity contribution is -0.124. The van der Waals surface area contributed by atoms with Gasteiger partial charge in [-0.2, -0.15) is 0 Å². The fourth-order valence-corrected chi connectivity index (χ4v) is 3.11. The molecule has 0 heterocycles. The molecule has 1 fully saturated rings. The van der Waals surface area contributed by atoms with Crippen molar-refractivity contribution in [3.05, 3.63) is 0 Å². The molecule has 0 atom stereocenters. The van der Waals surface area contributed by atoms with Crippen LogP contribution in [0.2, 0.25) is 0 Å². The second-order valence-corrected chi connectivity index (χ2v) is 7.28. The summed E-state index contributed by atoms with van der Waals surface area (Å²) in [7, 11) is 0. The quantitative estimate of drug-likeness (QED) is 0.475. The Bertz CT molecular complexity index is 392. The number of nitrogens with one attached hydrogen (secondary N) is 1. The third kappa shape index (κ3) is 11.6. The number of hydrogen-bond donors (Lipinski definition) is 1. The minimum absolute atomic E-state index is 0.0457. The SMILES string of the molecule is CCC(=O)CC1CCC(NC(=O)CCOCCOCCOC(C)C)CC1. The van der Waals surface area contributed by atoms with E-state index >= 15 is 0 Å². The summed E-state index contributed by atoms with van der Waals surface area (Å²) in [6.07, 6.45) is 5.95. The third-order valence-electron chi connectivity index (χ3n) is 4.65. The van der Waals surface area contributed by atoms with E-state index in [-0.39, 0.29) is 18.1 Å². The zero-order chi connectivity index (χ0) is 19.2. The molecule has 1 rings (SSSR count). The summed E-state index contributed by atoms with van der Waals surface area (Å²) >= 11 is 0. The van der Waals surface area contributed by atoms with Gasteiger partial charge in [-0.3, -0.25) is 9.59 Å². The zero-order valence-corrected chi connectivity index (χ0v) is 16.8. The molecule has 1 aliphatic rings. The van der Waals surface area contributed by atoms with Gasteiger partial charge in [-0.05, 0) is 45.4 Å². The summed E-state index contributed by atoms with van der Waals surface area (Å²) in [5.41, 5.74) is 0. The molecule has 0 unspecified atom stereocenters. The largest absolute Gasteiger partial charge is 0.379 e. The highest BCUT2D eigenvalue weighted by Gasteiger charge is 2.23. The molecule has 0 aliphatic heterocycles. The van der Waals surface area contributed by atoms with Crippen LogP contribution in [0.25, 0.3) is 0 Å². The van der Waals surface area contributed by atoms with Crippen LogP contribution >= 0.6 is 0 Å². The molecule has 0 aromatic rings. The van der Waals surface area contributed by atoms with Crippen LogP contribution in [0, 0.1) is 5.92 Å². The number of amides is 1. The molecule has 0 spiro atoms. The number of rotatable bonds is 14. The summed E-state index contributed by atoms with van der Waals surface area (Å²) < 4.78 is 16.2. The Hall–Kier alpha value is -0.980. The average Bonchev–Trinajstić information content (AvgIpc) is 2.61. The van der Waals surface area contributed by atoms with Gasteiger partial charge in [0.15, 0.2) is 0 Å². The van der Waals surface area contributed by atoms with Gasteiger partial charge in [0.2, 0.25) is 5.91 Å². The molecule has 6 nitrogen and oxygen atoms in total. The molecule has 26 heavy (non-hydrogen) atoms. The highest BCUT2D eigenvalue weighted by atomic mass is 16.5. The standard InChI is InChI=1S/C20H37NO5/c1-4-19(22)15-17-5-7-18(8-6-17)21-20(23)9-10-24-11-12-25-13-14-26-16(2)3/h16-18H,4-15H2,1-3H3,(H,21,23). The number of Topliss-reactive ketones (excluding diaryl/α,β-unsaturated/α-hetero) is 1. The molecule has 0 saturated heterocycles. The topological polar surface area (TPSA) is 73.9 Å². The molecular formula is C20H37NO5. The first-order chi connectivity index (χ1) is 12.5. The third-order valence-corrected chi connectivity index (χ3v) is 4.65. The molecular weight excluding hydrogens is 334 g/mol. The normalized spacial score (nSPS) is 20.3. The van der Waals surface area contributed by atoms with Crippen molar-refractivity contribution in [2.75, 3.05) is 33.0 Å². The van der Waals surface area contributed by atoms with Crippen LogP contribution < -0.4 is 5.32 Å². The second kappa shape index (κ2) is 14.1. The Morgan fingerprint density at radius 2 is 1.58 bits per heavy atom. The van der Waals surface area contributed by atoms with E-state index in [1.807, 2.05) is 20.8 Å². The predicted molar refractivity (Wildman–Crippen MR) is 101 cm³/mol. The van der Waals surface area contributed by atoms with Crippen LogP contribution in [-0.2, 0) is 23.8 Å². The first kappa shape index (κ1) is 23.1. The number of hydrogen-bond acceptors (Lipinski definition) is 5. The molecule has 1 saturated carbocycles. The molecule has 0 aromatic heterocycles. The van der Waals surface area contributed by atoms with Crippen molar-refractivity contribution in [3.63, 3.8) is 0 Å². The van der Waals surface area contributed by atoms with Crippen LogP contribution in [-0.4, -0.2) is 56.9 Å². The van der Waals surface area contributed by atoms with E-state index in [0.29, 0.717) is 64.0 Å².